The molecular formula is C13H11N5O2. The van der Waals surface area contributed by atoms with E-state index < -0.39 is 0 Å². The van der Waals surface area contributed by atoms with Crippen molar-refractivity contribution in [1.29, 1.82) is 0 Å². The molecule has 3 aromatic rings. The number of rotatable bonds is 3. The molecule has 3 rings (SSSR count). The molecule has 0 radical (unpaired) electrons. The molecule has 2 heterocycles. The zero-order chi connectivity index (χ0) is 14.1. The highest BCUT2D eigenvalue weighted by molar-refractivity contribution is 5.80. The van der Waals surface area contributed by atoms with E-state index in [1.54, 1.807) is 6.07 Å². The maximum atomic E-state index is 12.0. The summed E-state index contributed by atoms with van der Waals surface area (Å²) in [4.78, 5) is 29.7. The normalized spacial score (nSPS) is 10.8. The lowest BCUT2D eigenvalue weighted by Crippen LogP contribution is -2.15. The molecule has 0 saturated heterocycles. The van der Waals surface area contributed by atoms with Gasteiger partial charge in [-0.3, -0.25) is 9.59 Å². The Hall–Kier alpha value is -2.83. The second-order valence-corrected chi connectivity index (χ2v) is 4.44. The number of fused-ring (bicyclic) bond motifs is 1. The third-order valence-electron chi connectivity index (χ3n) is 2.98. The van der Waals surface area contributed by atoms with Gasteiger partial charge in [0, 0.05) is 0 Å². The van der Waals surface area contributed by atoms with Crippen molar-refractivity contribution >= 4 is 17.2 Å². The molecule has 7 heteroatoms. The van der Waals surface area contributed by atoms with Gasteiger partial charge in [0.2, 0.25) is 0 Å². The lowest BCUT2D eigenvalue weighted by atomic mass is 10.1. The molecule has 1 aromatic carbocycles. The minimum Gasteiger partial charge on any atom is -0.308 e. The number of aldehydes is 1. The number of para-hydroxylation sites is 1. The van der Waals surface area contributed by atoms with Gasteiger partial charge in [0.05, 0.1) is 17.1 Å². The van der Waals surface area contributed by atoms with Crippen LogP contribution in [0.3, 0.4) is 0 Å². The van der Waals surface area contributed by atoms with Crippen LogP contribution in [0.4, 0.5) is 0 Å². The number of aromatic nitrogens is 5. The van der Waals surface area contributed by atoms with E-state index in [0.29, 0.717) is 23.0 Å². The van der Waals surface area contributed by atoms with E-state index in [1.165, 1.54) is 10.9 Å². The lowest BCUT2D eigenvalue weighted by molar-refractivity contribution is 0.111. The van der Waals surface area contributed by atoms with Crippen molar-refractivity contribution in [2.75, 3.05) is 0 Å². The van der Waals surface area contributed by atoms with E-state index in [-0.39, 0.29) is 17.8 Å². The SMILES string of the molecule is Cc1cccc2c(=O)[nH]c(Cn3cc(C=O)nn3)nc12. The van der Waals surface area contributed by atoms with Gasteiger partial charge in [0.25, 0.3) is 5.56 Å². The fourth-order valence-corrected chi connectivity index (χ4v) is 2.02. The Balaban J connectivity index is 2.06. The number of nitrogens with one attached hydrogen (secondary N) is 1. The Bertz CT molecular complexity index is 849. The molecule has 1 N–H and O–H groups in total. The molecular weight excluding hydrogens is 258 g/mol. The molecule has 0 unspecified atom stereocenters. The predicted octanol–water partition coefficient (Wildman–Crippen LogP) is 0.684. The Morgan fingerprint density at radius 3 is 3.00 bits per heavy atom. The molecule has 100 valence electrons. The van der Waals surface area contributed by atoms with Crippen LogP contribution in [0.1, 0.15) is 21.9 Å². The van der Waals surface area contributed by atoms with Gasteiger partial charge in [-0.15, -0.1) is 5.10 Å². The Morgan fingerprint density at radius 1 is 1.40 bits per heavy atom. The number of H-pyrrole nitrogens is 1. The van der Waals surface area contributed by atoms with Gasteiger partial charge in [-0.25, -0.2) is 9.67 Å². The van der Waals surface area contributed by atoms with Gasteiger partial charge in [0.1, 0.15) is 18.1 Å². The van der Waals surface area contributed by atoms with Crippen molar-refractivity contribution in [1.82, 2.24) is 25.0 Å². The fourth-order valence-electron chi connectivity index (χ4n) is 2.02. The topological polar surface area (TPSA) is 93.5 Å². The van der Waals surface area contributed by atoms with Gasteiger partial charge < -0.3 is 4.98 Å². The van der Waals surface area contributed by atoms with Crippen molar-refractivity contribution in [3.63, 3.8) is 0 Å². The van der Waals surface area contributed by atoms with E-state index in [4.69, 9.17) is 0 Å². The number of carbonyl (C=O) groups is 1. The van der Waals surface area contributed by atoms with E-state index in [1.807, 2.05) is 19.1 Å². The molecule has 0 aliphatic rings. The summed E-state index contributed by atoms with van der Waals surface area (Å²) in [6, 6.07) is 5.46. The summed E-state index contributed by atoms with van der Waals surface area (Å²) in [6.45, 7) is 2.15. The van der Waals surface area contributed by atoms with E-state index >= 15 is 0 Å². The number of aromatic amines is 1. The lowest BCUT2D eigenvalue weighted by Gasteiger charge is -2.04. The maximum absolute atomic E-state index is 12.0. The number of nitrogens with zero attached hydrogens (tertiary/aromatic N) is 4. The summed E-state index contributed by atoms with van der Waals surface area (Å²) in [7, 11) is 0. The minimum absolute atomic E-state index is 0.190. The Kier molecular flexibility index (Phi) is 2.86. The molecule has 0 spiro atoms. The van der Waals surface area contributed by atoms with E-state index in [0.717, 1.165) is 5.56 Å². The summed E-state index contributed by atoms with van der Waals surface area (Å²) < 4.78 is 1.45. The summed E-state index contributed by atoms with van der Waals surface area (Å²) in [5, 5.41) is 8.00. The molecule has 0 atom stereocenters. The molecule has 7 nitrogen and oxygen atoms in total. The third kappa shape index (κ3) is 2.09. The van der Waals surface area contributed by atoms with Gasteiger partial charge in [-0.2, -0.15) is 0 Å². The number of carbonyl (C=O) groups excluding carboxylic acids is 1. The number of hydrogen-bond donors (Lipinski definition) is 1. The van der Waals surface area contributed by atoms with Crippen LogP contribution < -0.4 is 5.56 Å². The first-order valence-electron chi connectivity index (χ1n) is 6.01. The summed E-state index contributed by atoms with van der Waals surface area (Å²) >= 11 is 0. The van der Waals surface area contributed by atoms with Crippen LogP contribution in [0, 0.1) is 6.92 Å². The van der Waals surface area contributed by atoms with Gasteiger partial charge in [-0.05, 0) is 18.6 Å². The highest BCUT2D eigenvalue weighted by Gasteiger charge is 2.07. The van der Waals surface area contributed by atoms with Gasteiger partial charge in [-0.1, -0.05) is 17.3 Å². The summed E-state index contributed by atoms with van der Waals surface area (Å²) in [5.41, 5.74) is 1.65. The highest BCUT2D eigenvalue weighted by Crippen LogP contribution is 2.12. The minimum atomic E-state index is -0.190. The summed E-state index contributed by atoms with van der Waals surface area (Å²) in [6.07, 6.45) is 2.11. The fraction of sp³-hybridized carbons (Fsp3) is 0.154. The first-order valence-corrected chi connectivity index (χ1v) is 6.01. The quantitative estimate of drug-likeness (QED) is 0.706. The zero-order valence-corrected chi connectivity index (χ0v) is 10.7. The van der Waals surface area contributed by atoms with Gasteiger partial charge in [0.15, 0.2) is 6.29 Å². The van der Waals surface area contributed by atoms with Crippen LogP contribution >= 0.6 is 0 Å². The van der Waals surface area contributed by atoms with Crippen LogP contribution in [-0.2, 0) is 6.54 Å². The Morgan fingerprint density at radius 2 is 2.25 bits per heavy atom. The van der Waals surface area contributed by atoms with Crippen LogP contribution in [0.2, 0.25) is 0 Å². The monoisotopic (exact) mass is 269 g/mol. The van der Waals surface area contributed by atoms with Crippen molar-refractivity contribution < 1.29 is 4.79 Å². The highest BCUT2D eigenvalue weighted by atomic mass is 16.1. The molecule has 0 bridgehead atoms. The second-order valence-electron chi connectivity index (χ2n) is 4.44. The largest absolute Gasteiger partial charge is 0.308 e. The van der Waals surface area contributed by atoms with Crippen molar-refractivity contribution in [2.45, 2.75) is 13.5 Å². The van der Waals surface area contributed by atoms with Crippen LogP contribution in [0.5, 0.6) is 0 Å². The average molecular weight is 269 g/mol. The van der Waals surface area contributed by atoms with Crippen LogP contribution in [-0.4, -0.2) is 31.2 Å². The third-order valence-corrected chi connectivity index (χ3v) is 2.98. The molecule has 0 saturated carbocycles. The van der Waals surface area contributed by atoms with Gasteiger partial charge >= 0.3 is 0 Å². The smallest absolute Gasteiger partial charge is 0.258 e. The van der Waals surface area contributed by atoms with E-state index in [2.05, 4.69) is 20.3 Å². The molecule has 0 amide bonds. The predicted molar refractivity (Wildman–Crippen MR) is 71.6 cm³/mol. The molecule has 0 aliphatic heterocycles. The van der Waals surface area contributed by atoms with Crippen molar-refractivity contribution in [2.24, 2.45) is 0 Å². The van der Waals surface area contributed by atoms with Crippen LogP contribution in [0.15, 0.2) is 29.2 Å². The number of benzene rings is 1. The molecule has 20 heavy (non-hydrogen) atoms. The zero-order valence-electron chi connectivity index (χ0n) is 10.7. The molecule has 2 aromatic heterocycles. The van der Waals surface area contributed by atoms with E-state index in [9.17, 15) is 9.59 Å². The second kappa shape index (κ2) is 4.69. The average Bonchev–Trinajstić information content (AvgIpc) is 2.88. The molecule has 0 fully saturated rings. The maximum Gasteiger partial charge on any atom is 0.258 e. The van der Waals surface area contributed by atoms with Crippen molar-refractivity contribution in [3.8, 4) is 0 Å². The number of aryl methyl sites for hydroxylation is 1. The molecule has 0 aliphatic carbocycles. The first kappa shape index (κ1) is 12.2. The summed E-state index contributed by atoms with van der Waals surface area (Å²) in [5.74, 6) is 0.471. The number of hydrogen-bond acceptors (Lipinski definition) is 5. The van der Waals surface area contributed by atoms with Crippen LogP contribution in [0.25, 0.3) is 10.9 Å². The standard InChI is InChI=1S/C13H11N5O2/c1-8-3-2-4-10-12(8)14-11(15-13(10)20)6-18-5-9(7-19)16-17-18/h2-5,7H,6H2,1H3,(H,14,15,20). The van der Waals surface area contributed by atoms with Crippen molar-refractivity contribution in [3.05, 3.63) is 51.8 Å². The Labute approximate surface area is 113 Å². The first-order chi connectivity index (χ1) is 9.67.